The van der Waals surface area contributed by atoms with E-state index in [4.69, 9.17) is 5.11 Å². The summed E-state index contributed by atoms with van der Waals surface area (Å²) < 4.78 is 13.3. The van der Waals surface area contributed by atoms with Gasteiger partial charge in [0.25, 0.3) is 0 Å². The maximum atomic E-state index is 13.3. The molecular weight excluding hydrogens is 249 g/mol. The van der Waals surface area contributed by atoms with Crippen LogP contribution in [0, 0.1) is 11.2 Å². The van der Waals surface area contributed by atoms with E-state index >= 15 is 0 Å². The van der Waals surface area contributed by atoms with Gasteiger partial charge in [0.15, 0.2) is 0 Å². The van der Waals surface area contributed by atoms with Gasteiger partial charge in [0.05, 0.1) is 5.41 Å². The zero-order chi connectivity index (χ0) is 14.2. The summed E-state index contributed by atoms with van der Waals surface area (Å²) >= 11 is 0. The van der Waals surface area contributed by atoms with Crippen molar-refractivity contribution in [1.82, 2.24) is 0 Å². The Morgan fingerprint density at radius 3 is 2.74 bits per heavy atom. The van der Waals surface area contributed by atoms with Crippen molar-refractivity contribution in [2.45, 2.75) is 26.7 Å². The number of rotatable bonds is 3. The first-order chi connectivity index (χ1) is 8.81. The molecule has 1 aliphatic rings. The number of hydrogen-bond acceptors (Lipinski definition) is 2. The number of aryl methyl sites for hydroxylation is 1. The lowest BCUT2D eigenvalue weighted by Crippen LogP contribution is -2.44. The van der Waals surface area contributed by atoms with Gasteiger partial charge in [-0.05, 0) is 38.0 Å². The SMILES string of the molecule is CC(C)(CN1C(=O)CCc2ccc(F)cc21)C(=O)O. The number of carboxylic acids is 1. The highest BCUT2D eigenvalue weighted by Gasteiger charge is 2.34. The van der Waals surface area contributed by atoms with E-state index in [1.165, 1.54) is 17.0 Å². The number of carbonyl (C=O) groups excluding carboxylic acids is 1. The molecule has 0 fully saturated rings. The van der Waals surface area contributed by atoms with Crippen molar-refractivity contribution >= 4 is 17.6 Å². The summed E-state index contributed by atoms with van der Waals surface area (Å²) in [5, 5.41) is 9.15. The Morgan fingerprint density at radius 2 is 2.11 bits per heavy atom. The summed E-state index contributed by atoms with van der Waals surface area (Å²) in [5.41, 5.74) is 0.295. The Labute approximate surface area is 110 Å². The van der Waals surface area contributed by atoms with Crippen LogP contribution in [0.3, 0.4) is 0 Å². The minimum Gasteiger partial charge on any atom is -0.481 e. The van der Waals surface area contributed by atoms with E-state index in [1.807, 2.05) is 0 Å². The van der Waals surface area contributed by atoms with Gasteiger partial charge in [-0.1, -0.05) is 6.07 Å². The lowest BCUT2D eigenvalue weighted by molar-refractivity contribution is -0.146. The molecule has 1 heterocycles. The molecule has 0 unspecified atom stereocenters. The summed E-state index contributed by atoms with van der Waals surface area (Å²) in [6.07, 6.45) is 0.896. The molecule has 102 valence electrons. The quantitative estimate of drug-likeness (QED) is 0.911. The third-order valence-corrected chi connectivity index (χ3v) is 3.38. The lowest BCUT2D eigenvalue weighted by Gasteiger charge is -2.34. The second-order valence-corrected chi connectivity index (χ2v) is 5.44. The number of nitrogens with zero attached hydrogens (tertiary/aromatic N) is 1. The molecule has 1 aromatic carbocycles. The maximum Gasteiger partial charge on any atom is 0.310 e. The van der Waals surface area contributed by atoms with Crippen molar-refractivity contribution < 1.29 is 19.1 Å². The van der Waals surface area contributed by atoms with Crippen molar-refractivity contribution in [3.8, 4) is 0 Å². The van der Waals surface area contributed by atoms with E-state index in [-0.39, 0.29) is 12.5 Å². The number of carboxylic acid groups (broad SMARTS) is 1. The molecule has 2 rings (SSSR count). The van der Waals surface area contributed by atoms with Crippen LogP contribution in [-0.4, -0.2) is 23.5 Å². The van der Waals surface area contributed by atoms with Crippen LogP contribution in [-0.2, 0) is 16.0 Å². The summed E-state index contributed by atoms with van der Waals surface area (Å²) in [5.74, 6) is -1.57. The third-order valence-electron chi connectivity index (χ3n) is 3.38. The Bertz CT molecular complexity index is 539. The molecule has 0 saturated carbocycles. The zero-order valence-electron chi connectivity index (χ0n) is 10.9. The monoisotopic (exact) mass is 265 g/mol. The molecular formula is C14H16FNO3. The number of fused-ring (bicyclic) bond motifs is 1. The normalized spacial score (nSPS) is 15.3. The number of carbonyl (C=O) groups is 2. The van der Waals surface area contributed by atoms with Crippen LogP contribution in [0.25, 0.3) is 0 Å². The molecule has 0 saturated heterocycles. The standard InChI is InChI=1S/C14H16FNO3/c1-14(2,13(18)19)8-16-11-7-10(15)5-3-9(11)4-6-12(16)17/h3,5,7H,4,6,8H2,1-2H3,(H,18,19). The third kappa shape index (κ3) is 2.59. The van der Waals surface area contributed by atoms with E-state index in [0.29, 0.717) is 18.5 Å². The van der Waals surface area contributed by atoms with Crippen LogP contribution in [0.5, 0.6) is 0 Å². The van der Waals surface area contributed by atoms with Crippen LogP contribution in [0.4, 0.5) is 10.1 Å². The van der Waals surface area contributed by atoms with Gasteiger partial charge in [0.2, 0.25) is 5.91 Å². The van der Waals surface area contributed by atoms with Gasteiger partial charge in [0.1, 0.15) is 5.82 Å². The van der Waals surface area contributed by atoms with Crippen molar-refractivity contribution in [3.63, 3.8) is 0 Å². The number of anilines is 1. The van der Waals surface area contributed by atoms with Crippen LogP contribution < -0.4 is 4.90 Å². The molecule has 0 radical (unpaired) electrons. The molecule has 0 bridgehead atoms. The Hall–Kier alpha value is -1.91. The predicted molar refractivity (Wildman–Crippen MR) is 68.5 cm³/mol. The number of benzene rings is 1. The van der Waals surface area contributed by atoms with Gasteiger partial charge in [-0.2, -0.15) is 0 Å². The fourth-order valence-corrected chi connectivity index (χ4v) is 2.15. The highest BCUT2D eigenvalue weighted by Crippen LogP contribution is 2.31. The minimum absolute atomic E-state index is 0.0393. The number of hydrogen-bond donors (Lipinski definition) is 1. The average molecular weight is 265 g/mol. The van der Waals surface area contributed by atoms with Crippen molar-refractivity contribution in [1.29, 1.82) is 0 Å². The molecule has 1 N–H and O–H groups in total. The molecule has 4 nitrogen and oxygen atoms in total. The summed E-state index contributed by atoms with van der Waals surface area (Å²) in [4.78, 5) is 24.5. The van der Waals surface area contributed by atoms with Crippen LogP contribution in [0.15, 0.2) is 18.2 Å². The molecule has 5 heteroatoms. The van der Waals surface area contributed by atoms with Gasteiger partial charge in [-0.15, -0.1) is 0 Å². The van der Waals surface area contributed by atoms with Gasteiger partial charge in [-0.25, -0.2) is 4.39 Å². The highest BCUT2D eigenvalue weighted by molar-refractivity contribution is 5.97. The highest BCUT2D eigenvalue weighted by atomic mass is 19.1. The second-order valence-electron chi connectivity index (χ2n) is 5.44. The smallest absolute Gasteiger partial charge is 0.310 e. The fourth-order valence-electron chi connectivity index (χ4n) is 2.15. The molecule has 1 amide bonds. The van der Waals surface area contributed by atoms with Crippen molar-refractivity contribution in [2.75, 3.05) is 11.4 Å². The first-order valence-corrected chi connectivity index (χ1v) is 6.13. The zero-order valence-corrected chi connectivity index (χ0v) is 10.9. The Balaban J connectivity index is 2.38. The van der Waals surface area contributed by atoms with Gasteiger partial charge in [-0.3, -0.25) is 9.59 Å². The molecule has 0 spiro atoms. The lowest BCUT2D eigenvalue weighted by atomic mass is 9.91. The summed E-state index contributed by atoms with van der Waals surface area (Å²) in [6, 6.07) is 4.30. The van der Waals surface area contributed by atoms with Crippen LogP contribution in [0.1, 0.15) is 25.8 Å². The van der Waals surface area contributed by atoms with E-state index in [2.05, 4.69) is 0 Å². The molecule has 0 aromatic heterocycles. The van der Waals surface area contributed by atoms with Crippen LogP contribution >= 0.6 is 0 Å². The van der Waals surface area contributed by atoms with E-state index in [1.54, 1.807) is 19.9 Å². The van der Waals surface area contributed by atoms with Crippen LogP contribution in [0.2, 0.25) is 0 Å². The second kappa shape index (κ2) is 4.64. The number of amides is 1. The first kappa shape index (κ1) is 13.5. The maximum absolute atomic E-state index is 13.3. The van der Waals surface area contributed by atoms with E-state index < -0.39 is 17.2 Å². The van der Waals surface area contributed by atoms with Crippen molar-refractivity contribution in [3.05, 3.63) is 29.6 Å². The Kier molecular flexibility index (Phi) is 3.30. The van der Waals surface area contributed by atoms with Crippen molar-refractivity contribution in [2.24, 2.45) is 5.41 Å². The largest absolute Gasteiger partial charge is 0.481 e. The average Bonchev–Trinajstić information content (AvgIpc) is 2.33. The fraction of sp³-hybridized carbons (Fsp3) is 0.429. The van der Waals surface area contributed by atoms with E-state index in [0.717, 1.165) is 5.56 Å². The first-order valence-electron chi connectivity index (χ1n) is 6.13. The summed E-state index contributed by atoms with van der Waals surface area (Å²) in [6.45, 7) is 3.14. The summed E-state index contributed by atoms with van der Waals surface area (Å²) in [7, 11) is 0. The van der Waals surface area contributed by atoms with Gasteiger partial charge in [0, 0.05) is 18.7 Å². The van der Waals surface area contributed by atoms with Gasteiger partial charge >= 0.3 is 5.97 Å². The molecule has 0 atom stereocenters. The molecule has 1 aliphatic heterocycles. The Morgan fingerprint density at radius 1 is 1.42 bits per heavy atom. The topological polar surface area (TPSA) is 57.6 Å². The van der Waals surface area contributed by atoms with E-state index in [9.17, 15) is 14.0 Å². The van der Waals surface area contributed by atoms with Gasteiger partial charge < -0.3 is 10.0 Å². The minimum atomic E-state index is -1.07. The predicted octanol–water partition coefficient (Wildman–Crippen LogP) is 2.22. The number of aliphatic carboxylic acids is 1. The molecule has 19 heavy (non-hydrogen) atoms. The molecule has 0 aliphatic carbocycles. The molecule has 1 aromatic rings. The number of halogens is 1.